The molecule has 0 saturated carbocycles. The van der Waals surface area contributed by atoms with Crippen molar-refractivity contribution in [2.24, 2.45) is 10.1 Å². The normalized spacial score (nSPS) is 15.0. The molecule has 4 N–H and O–H groups in total. The first kappa shape index (κ1) is 33.2. The van der Waals surface area contributed by atoms with Gasteiger partial charge < -0.3 is 16.4 Å². The van der Waals surface area contributed by atoms with Crippen LogP contribution in [-0.2, 0) is 14.5 Å². The average Bonchev–Trinajstić information content (AvgIpc) is 3.04. The third-order valence-corrected chi connectivity index (χ3v) is 9.65. The first-order chi connectivity index (χ1) is 22.0. The van der Waals surface area contributed by atoms with E-state index in [-0.39, 0.29) is 29.7 Å². The maximum absolute atomic E-state index is 13.8. The van der Waals surface area contributed by atoms with Gasteiger partial charge in [-0.25, -0.2) is 9.19 Å². The van der Waals surface area contributed by atoms with Gasteiger partial charge in [-0.3, -0.25) is 19.3 Å². The van der Waals surface area contributed by atoms with Crippen molar-refractivity contribution in [3.05, 3.63) is 106 Å². The van der Waals surface area contributed by atoms with E-state index >= 15 is 0 Å². The van der Waals surface area contributed by atoms with Gasteiger partial charge in [0.2, 0.25) is 0 Å². The molecule has 1 aromatic heterocycles. The fraction of sp³-hybridized carbons (Fsp3) is 0.212. The summed E-state index contributed by atoms with van der Waals surface area (Å²) in [6, 6.07) is 21.6. The van der Waals surface area contributed by atoms with Crippen LogP contribution in [0.25, 0.3) is 11.1 Å². The van der Waals surface area contributed by atoms with Crippen molar-refractivity contribution in [2.75, 3.05) is 36.5 Å². The molecule has 1 aliphatic heterocycles. The monoisotopic (exact) mass is 678 g/mol. The average molecular weight is 680 g/mol. The Morgan fingerprint density at radius 3 is 2.33 bits per heavy atom. The number of nitrogens with zero attached hydrogens (tertiary/aromatic N) is 3. The van der Waals surface area contributed by atoms with Crippen LogP contribution in [-0.4, -0.2) is 63.7 Å². The highest BCUT2D eigenvalue weighted by molar-refractivity contribution is 7.93. The Morgan fingerprint density at radius 2 is 1.63 bits per heavy atom. The number of amides is 3. The minimum Gasteiger partial charge on any atom is -0.328 e. The summed E-state index contributed by atoms with van der Waals surface area (Å²) in [5, 5.41) is 6.17. The van der Waals surface area contributed by atoms with Gasteiger partial charge in [0.25, 0.3) is 17.7 Å². The first-order valence-corrected chi connectivity index (χ1v) is 17.1. The molecule has 3 aromatic carbocycles. The predicted molar refractivity (Wildman–Crippen MR) is 182 cm³/mol. The Labute approximate surface area is 277 Å². The Hall–Kier alpha value is -4.13. The molecule has 238 valence electrons. The van der Waals surface area contributed by atoms with Crippen molar-refractivity contribution in [3.8, 4) is 11.1 Å². The van der Waals surface area contributed by atoms with Crippen molar-refractivity contribution < 1.29 is 18.6 Å². The summed E-state index contributed by atoms with van der Waals surface area (Å²) in [5.74, 6) is -1.14. The third-order valence-electron chi connectivity index (χ3n) is 7.46. The van der Waals surface area contributed by atoms with Crippen molar-refractivity contribution >= 4 is 62.2 Å². The molecule has 46 heavy (non-hydrogen) atoms. The van der Waals surface area contributed by atoms with Crippen molar-refractivity contribution in [3.63, 3.8) is 0 Å². The van der Waals surface area contributed by atoms with Gasteiger partial charge in [0.05, 0.1) is 37.4 Å². The van der Waals surface area contributed by atoms with Crippen molar-refractivity contribution in [2.45, 2.75) is 23.8 Å². The van der Waals surface area contributed by atoms with E-state index < -0.39 is 27.5 Å². The molecule has 1 aliphatic rings. The number of hydrogen-bond acceptors (Lipinski definition) is 7. The van der Waals surface area contributed by atoms with Gasteiger partial charge in [0.15, 0.2) is 0 Å². The van der Waals surface area contributed by atoms with Gasteiger partial charge in [-0.15, -0.1) is 0 Å². The molecule has 0 aliphatic carbocycles. The first-order valence-electron chi connectivity index (χ1n) is 14.4. The van der Waals surface area contributed by atoms with E-state index in [2.05, 4.69) is 20.0 Å². The van der Waals surface area contributed by atoms with E-state index in [1.54, 1.807) is 66.7 Å². The second-order valence-corrected chi connectivity index (χ2v) is 14.0. The summed E-state index contributed by atoms with van der Waals surface area (Å²) in [4.78, 5) is 45.5. The largest absolute Gasteiger partial charge is 0.328 e. The highest BCUT2D eigenvalue weighted by atomic mass is 35.5. The summed E-state index contributed by atoms with van der Waals surface area (Å²) in [7, 11) is -3.07. The highest BCUT2D eigenvalue weighted by Crippen LogP contribution is 2.29. The number of aromatic nitrogens is 1. The van der Waals surface area contributed by atoms with E-state index in [0.29, 0.717) is 44.7 Å². The van der Waals surface area contributed by atoms with E-state index in [0.717, 1.165) is 12.8 Å². The lowest BCUT2D eigenvalue weighted by atomic mass is 10.0. The summed E-state index contributed by atoms with van der Waals surface area (Å²) in [6.45, 7) is 1.51. The number of carbonyl (C=O) groups is 3. The molecule has 2 heterocycles. The minimum absolute atomic E-state index is 0.0958. The van der Waals surface area contributed by atoms with Crippen LogP contribution in [0.5, 0.6) is 0 Å². The fourth-order valence-corrected chi connectivity index (χ4v) is 6.81. The molecule has 4 aromatic rings. The number of hydrogen-bond donors (Lipinski definition) is 3. The SMILES string of the molecule is CS(=O)(=NC(=O)CN1CCC(N)CC1)c1ccccc1-c1ccc(C(=O)Nc2ccc(Cl)cc2C(=O)Nc2ccc(Cl)cn2)cc1. The Balaban J connectivity index is 1.32. The molecule has 5 rings (SSSR count). The number of likely N-dealkylation sites (tertiary alicyclic amines) is 1. The molecular weight excluding hydrogens is 647 g/mol. The maximum Gasteiger partial charge on any atom is 0.268 e. The summed E-state index contributed by atoms with van der Waals surface area (Å²) in [5.41, 5.74) is 8.00. The van der Waals surface area contributed by atoms with E-state index in [4.69, 9.17) is 28.9 Å². The topological polar surface area (TPSA) is 147 Å². The van der Waals surface area contributed by atoms with E-state index in [1.807, 2.05) is 4.90 Å². The molecule has 1 atom stereocenters. The van der Waals surface area contributed by atoms with E-state index in [1.165, 1.54) is 24.6 Å². The van der Waals surface area contributed by atoms with Crippen molar-refractivity contribution in [1.82, 2.24) is 9.88 Å². The Morgan fingerprint density at radius 1 is 0.935 bits per heavy atom. The molecule has 1 saturated heterocycles. The number of halogens is 2. The maximum atomic E-state index is 13.8. The molecule has 13 heteroatoms. The number of piperidine rings is 1. The smallest absolute Gasteiger partial charge is 0.268 e. The van der Waals surface area contributed by atoms with Crippen LogP contribution in [0.3, 0.4) is 0 Å². The zero-order chi connectivity index (χ0) is 32.8. The summed E-state index contributed by atoms with van der Waals surface area (Å²) < 4.78 is 17.9. The van der Waals surface area contributed by atoms with Crippen LogP contribution >= 0.6 is 23.2 Å². The van der Waals surface area contributed by atoms with Gasteiger partial charge in [-0.05, 0) is 72.5 Å². The van der Waals surface area contributed by atoms with Crippen LogP contribution in [0, 0.1) is 0 Å². The van der Waals surface area contributed by atoms with Crippen LogP contribution in [0.1, 0.15) is 33.6 Å². The van der Waals surface area contributed by atoms with Gasteiger partial charge in [-0.1, -0.05) is 53.5 Å². The van der Waals surface area contributed by atoms with E-state index in [9.17, 15) is 18.6 Å². The lowest BCUT2D eigenvalue weighted by Crippen LogP contribution is -2.41. The summed E-state index contributed by atoms with van der Waals surface area (Å²) in [6.07, 6.45) is 4.48. The van der Waals surface area contributed by atoms with Crippen LogP contribution < -0.4 is 16.4 Å². The number of benzene rings is 3. The molecule has 10 nitrogen and oxygen atoms in total. The van der Waals surface area contributed by atoms with Crippen LogP contribution in [0.4, 0.5) is 11.5 Å². The van der Waals surface area contributed by atoms with Crippen LogP contribution in [0.15, 0.2) is 94.3 Å². The third kappa shape index (κ3) is 8.36. The standard InChI is InChI=1S/C33H32Cl2N6O4S/c1-46(45,40-31(42)20-41-16-14-25(36)15-17-41)29-5-3-2-4-26(29)21-6-8-22(9-7-21)32(43)38-28-12-10-23(34)18-27(28)33(44)39-30-13-11-24(35)19-37-30/h2-13,18-19,25H,14-17,20,36H2,1H3,(H,38,43)(H,37,39,44). The number of carbonyl (C=O) groups excluding carboxylic acids is 3. The number of anilines is 2. The zero-order valence-corrected chi connectivity index (χ0v) is 27.2. The molecule has 1 unspecified atom stereocenters. The molecule has 1 fully saturated rings. The number of rotatable bonds is 8. The quantitative estimate of drug-likeness (QED) is 0.208. The lowest BCUT2D eigenvalue weighted by Gasteiger charge is -2.28. The Bertz CT molecular complexity index is 1890. The predicted octanol–water partition coefficient (Wildman–Crippen LogP) is 5.97. The van der Waals surface area contributed by atoms with Gasteiger partial charge >= 0.3 is 0 Å². The molecule has 0 spiro atoms. The molecule has 3 amide bonds. The second-order valence-electron chi connectivity index (χ2n) is 10.9. The number of nitrogens with two attached hydrogens (primary N) is 1. The lowest BCUT2D eigenvalue weighted by molar-refractivity contribution is -0.119. The number of pyridine rings is 1. The zero-order valence-electron chi connectivity index (χ0n) is 24.9. The van der Waals surface area contributed by atoms with Crippen molar-refractivity contribution in [1.29, 1.82) is 0 Å². The number of nitrogens with one attached hydrogen (secondary N) is 2. The highest BCUT2D eigenvalue weighted by Gasteiger charge is 2.21. The van der Waals surface area contributed by atoms with Gasteiger partial charge in [0.1, 0.15) is 5.82 Å². The van der Waals surface area contributed by atoms with Gasteiger partial charge in [0, 0.05) is 42.2 Å². The minimum atomic E-state index is -3.07. The Kier molecular flexibility index (Phi) is 10.5. The fourth-order valence-electron chi connectivity index (χ4n) is 5.05. The summed E-state index contributed by atoms with van der Waals surface area (Å²) >= 11 is 12.0. The second kappa shape index (κ2) is 14.5. The van der Waals surface area contributed by atoms with Crippen LogP contribution in [0.2, 0.25) is 10.0 Å². The molecule has 0 radical (unpaired) electrons. The van der Waals surface area contributed by atoms with Gasteiger partial charge in [-0.2, -0.15) is 4.36 Å². The molecule has 0 bridgehead atoms. The molecular formula is C33H32Cl2N6O4S.